The molecule has 1 aromatic carbocycles. The molecule has 3 unspecified atom stereocenters. The molecule has 21 heavy (non-hydrogen) atoms. The van der Waals surface area contributed by atoms with Crippen LogP contribution >= 0.6 is 0 Å². The minimum atomic E-state index is -0.849. The van der Waals surface area contributed by atoms with Gasteiger partial charge in [0.1, 0.15) is 0 Å². The van der Waals surface area contributed by atoms with Crippen molar-refractivity contribution in [3.8, 4) is 0 Å². The van der Waals surface area contributed by atoms with E-state index in [0.29, 0.717) is 18.8 Å². The highest BCUT2D eigenvalue weighted by Gasteiger charge is 2.42. The Bertz CT molecular complexity index is 500. The number of aliphatic carboxylic acids is 1. The zero-order chi connectivity index (χ0) is 15.4. The van der Waals surface area contributed by atoms with E-state index in [1.165, 1.54) is 0 Å². The van der Waals surface area contributed by atoms with E-state index >= 15 is 0 Å². The van der Waals surface area contributed by atoms with Crippen molar-refractivity contribution in [2.75, 3.05) is 0 Å². The molecule has 0 aliphatic heterocycles. The lowest BCUT2D eigenvalue weighted by Gasteiger charge is -2.20. The number of rotatable bonds is 5. The number of hydrogen-bond donors (Lipinski definition) is 2. The highest BCUT2D eigenvalue weighted by molar-refractivity contribution is 5.85. The molecule has 4 atom stereocenters. The Labute approximate surface area is 125 Å². The van der Waals surface area contributed by atoms with Gasteiger partial charge in [0.15, 0.2) is 0 Å². The Morgan fingerprint density at radius 3 is 2.43 bits per heavy atom. The maximum Gasteiger partial charge on any atom is 0.307 e. The summed E-state index contributed by atoms with van der Waals surface area (Å²) in [6.45, 7) is 3.98. The van der Waals surface area contributed by atoms with Gasteiger partial charge < -0.3 is 10.4 Å². The second kappa shape index (κ2) is 6.74. The zero-order valence-electron chi connectivity index (χ0n) is 12.6. The molecule has 2 rings (SSSR count). The van der Waals surface area contributed by atoms with Crippen LogP contribution in [0.1, 0.15) is 44.7 Å². The lowest BCUT2D eigenvalue weighted by molar-refractivity contribution is -0.146. The first-order chi connectivity index (χ1) is 10.0. The first-order valence-corrected chi connectivity index (χ1v) is 7.61. The van der Waals surface area contributed by atoms with Crippen LogP contribution < -0.4 is 5.32 Å². The van der Waals surface area contributed by atoms with E-state index in [1.54, 1.807) is 0 Å². The lowest BCUT2D eigenvalue weighted by atomic mass is 9.94. The maximum absolute atomic E-state index is 12.4. The average Bonchev–Trinajstić information content (AvgIpc) is 2.92. The monoisotopic (exact) mass is 289 g/mol. The van der Waals surface area contributed by atoms with Crippen LogP contribution in [0, 0.1) is 17.8 Å². The van der Waals surface area contributed by atoms with Crippen LogP contribution in [0.5, 0.6) is 0 Å². The van der Waals surface area contributed by atoms with E-state index in [0.717, 1.165) is 12.0 Å². The van der Waals surface area contributed by atoms with Crippen molar-refractivity contribution in [2.45, 2.75) is 39.2 Å². The van der Waals surface area contributed by atoms with Crippen molar-refractivity contribution in [1.82, 2.24) is 5.32 Å². The molecule has 0 bridgehead atoms. The Morgan fingerprint density at radius 1 is 1.24 bits per heavy atom. The van der Waals surface area contributed by atoms with Crippen molar-refractivity contribution >= 4 is 11.9 Å². The predicted octanol–water partition coefficient (Wildman–Crippen LogP) is 3.00. The van der Waals surface area contributed by atoms with Crippen LogP contribution in [-0.4, -0.2) is 17.0 Å². The van der Waals surface area contributed by atoms with Gasteiger partial charge in [0.25, 0.3) is 0 Å². The first kappa shape index (κ1) is 15.5. The summed E-state index contributed by atoms with van der Waals surface area (Å²) in [6.07, 6.45) is 2.23. The summed E-state index contributed by atoms with van der Waals surface area (Å²) in [7, 11) is 0. The van der Waals surface area contributed by atoms with E-state index in [4.69, 9.17) is 0 Å². The standard InChI is InChI=1S/C17H23NO3/c1-3-12-9-14(15(10-12)17(20)21)16(19)18-11(2)13-7-5-4-6-8-13/h4-8,11-12,14-15H,3,9-10H2,1-2H3,(H,18,19)(H,20,21)/t11-,12?,14?,15?/m1/s1. The van der Waals surface area contributed by atoms with E-state index in [9.17, 15) is 14.7 Å². The van der Waals surface area contributed by atoms with Gasteiger partial charge in [0, 0.05) is 0 Å². The number of nitrogens with one attached hydrogen (secondary N) is 1. The van der Waals surface area contributed by atoms with Gasteiger partial charge in [-0.1, -0.05) is 43.7 Å². The van der Waals surface area contributed by atoms with Gasteiger partial charge >= 0.3 is 5.97 Å². The molecule has 1 amide bonds. The van der Waals surface area contributed by atoms with Gasteiger partial charge in [-0.3, -0.25) is 9.59 Å². The van der Waals surface area contributed by atoms with Gasteiger partial charge in [0.05, 0.1) is 17.9 Å². The highest BCUT2D eigenvalue weighted by Crippen LogP contribution is 2.38. The van der Waals surface area contributed by atoms with E-state index in [1.807, 2.05) is 37.3 Å². The zero-order valence-corrected chi connectivity index (χ0v) is 12.6. The molecule has 1 aliphatic rings. The molecular weight excluding hydrogens is 266 g/mol. The largest absolute Gasteiger partial charge is 0.481 e. The van der Waals surface area contributed by atoms with Crippen LogP contribution in [-0.2, 0) is 9.59 Å². The third kappa shape index (κ3) is 3.63. The third-order valence-electron chi connectivity index (χ3n) is 4.55. The normalized spacial score (nSPS) is 26.3. The summed E-state index contributed by atoms with van der Waals surface area (Å²) in [4.78, 5) is 23.8. The molecule has 0 heterocycles. The SMILES string of the molecule is CCC1CC(C(=O)O)C(C(=O)N[C@H](C)c2ccccc2)C1. The van der Waals surface area contributed by atoms with Crippen molar-refractivity contribution < 1.29 is 14.7 Å². The summed E-state index contributed by atoms with van der Waals surface area (Å²) >= 11 is 0. The molecule has 0 saturated heterocycles. The molecule has 4 nitrogen and oxygen atoms in total. The van der Waals surface area contributed by atoms with E-state index in [-0.39, 0.29) is 11.9 Å². The van der Waals surface area contributed by atoms with E-state index in [2.05, 4.69) is 12.2 Å². The number of carbonyl (C=O) groups is 2. The number of hydrogen-bond acceptors (Lipinski definition) is 2. The topological polar surface area (TPSA) is 66.4 Å². The number of benzene rings is 1. The molecule has 2 N–H and O–H groups in total. The van der Waals surface area contributed by atoms with Crippen LogP contribution in [0.4, 0.5) is 0 Å². The number of carbonyl (C=O) groups excluding carboxylic acids is 1. The van der Waals surface area contributed by atoms with Crippen molar-refractivity contribution in [3.05, 3.63) is 35.9 Å². The second-order valence-electron chi connectivity index (χ2n) is 5.94. The van der Waals surface area contributed by atoms with Crippen molar-refractivity contribution in [3.63, 3.8) is 0 Å². The quantitative estimate of drug-likeness (QED) is 0.875. The average molecular weight is 289 g/mol. The summed E-state index contributed by atoms with van der Waals surface area (Å²) in [5.74, 6) is -1.58. The molecule has 1 aromatic rings. The molecular formula is C17H23NO3. The van der Waals surface area contributed by atoms with Gasteiger partial charge in [0.2, 0.25) is 5.91 Å². The number of amides is 1. The summed E-state index contributed by atoms with van der Waals surface area (Å²) in [6, 6.07) is 9.61. The molecule has 0 radical (unpaired) electrons. The maximum atomic E-state index is 12.4. The fourth-order valence-corrected chi connectivity index (χ4v) is 3.18. The molecule has 1 saturated carbocycles. The van der Waals surface area contributed by atoms with Crippen molar-refractivity contribution in [1.29, 1.82) is 0 Å². The van der Waals surface area contributed by atoms with Gasteiger partial charge in [-0.2, -0.15) is 0 Å². The van der Waals surface area contributed by atoms with Crippen LogP contribution in [0.3, 0.4) is 0 Å². The summed E-state index contributed by atoms with van der Waals surface area (Å²) < 4.78 is 0. The lowest BCUT2D eigenvalue weighted by Crippen LogP contribution is -2.36. The molecule has 4 heteroatoms. The second-order valence-corrected chi connectivity index (χ2v) is 5.94. The fraction of sp³-hybridized carbons (Fsp3) is 0.529. The molecule has 0 aromatic heterocycles. The minimum Gasteiger partial charge on any atom is -0.481 e. The van der Waals surface area contributed by atoms with Crippen molar-refractivity contribution in [2.24, 2.45) is 17.8 Å². The van der Waals surface area contributed by atoms with Gasteiger partial charge in [-0.15, -0.1) is 0 Å². The van der Waals surface area contributed by atoms with Gasteiger partial charge in [-0.05, 0) is 31.2 Å². The number of carboxylic acid groups (broad SMARTS) is 1. The van der Waals surface area contributed by atoms with Crippen LogP contribution in [0.15, 0.2) is 30.3 Å². The first-order valence-electron chi connectivity index (χ1n) is 7.61. The Hall–Kier alpha value is -1.84. The molecule has 114 valence electrons. The molecule has 1 aliphatic carbocycles. The third-order valence-corrected chi connectivity index (χ3v) is 4.55. The fourth-order valence-electron chi connectivity index (χ4n) is 3.18. The molecule has 0 spiro atoms. The molecule has 1 fully saturated rings. The minimum absolute atomic E-state index is 0.103. The highest BCUT2D eigenvalue weighted by atomic mass is 16.4. The van der Waals surface area contributed by atoms with Gasteiger partial charge in [-0.25, -0.2) is 0 Å². The van der Waals surface area contributed by atoms with E-state index < -0.39 is 17.8 Å². The summed E-state index contributed by atoms with van der Waals surface area (Å²) in [5.41, 5.74) is 1.03. The van der Waals surface area contributed by atoms with Crippen LogP contribution in [0.2, 0.25) is 0 Å². The Kier molecular flexibility index (Phi) is 4.99. The predicted molar refractivity (Wildman–Crippen MR) is 80.6 cm³/mol. The number of carboxylic acids is 1. The Balaban J connectivity index is 2.03. The smallest absolute Gasteiger partial charge is 0.307 e. The Morgan fingerprint density at radius 2 is 1.86 bits per heavy atom. The summed E-state index contributed by atoms with van der Waals surface area (Å²) in [5, 5.41) is 12.3. The van der Waals surface area contributed by atoms with Crippen LogP contribution in [0.25, 0.3) is 0 Å².